The van der Waals surface area contributed by atoms with Crippen LogP contribution in [0.1, 0.15) is 79.9 Å². The number of aromatic nitrogens is 2. The molecule has 2 aliphatic heterocycles. The van der Waals surface area contributed by atoms with Crippen LogP contribution in [0.3, 0.4) is 0 Å². The Morgan fingerprint density at radius 2 is 1.84 bits per heavy atom. The van der Waals surface area contributed by atoms with Crippen LogP contribution in [0, 0.1) is 6.92 Å². The smallest absolute Gasteiger partial charge is 0.410 e. The first-order chi connectivity index (χ1) is 24.3. The number of aryl methyl sites for hydroxylation is 1. The summed E-state index contributed by atoms with van der Waals surface area (Å²) in [4.78, 5) is 53.4. The molecule has 2 fully saturated rings. The number of fused-ring (bicyclic) bond motifs is 1. The molecule has 0 unspecified atom stereocenters. The van der Waals surface area contributed by atoms with Crippen molar-refractivity contribution >= 4 is 29.5 Å². The van der Waals surface area contributed by atoms with Crippen LogP contribution in [0.4, 0.5) is 16.4 Å². The number of hydrogen-bond donors (Lipinski definition) is 3. The summed E-state index contributed by atoms with van der Waals surface area (Å²) in [5, 5.41) is 17.9. The van der Waals surface area contributed by atoms with Gasteiger partial charge in [-0.1, -0.05) is 6.07 Å². The van der Waals surface area contributed by atoms with Crippen molar-refractivity contribution in [3.8, 4) is 5.75 Å². The van der Waals surface area contributed by atoms with E-state index in [2.05, 4.69) is 20.5 Å². The van der Waals surface area contributed by atoms with E-state index in [-0.39, 0.29) is 31.5 Å². The van der Waals surface area contributed by atoms with E-state index in [0.717, 1.165) is 36.1 Å². The Morgan fingerprint density at radius 3 is 2.49 bits per heavy atom. The van der Waals surface area contributed by atoms with Gasteiger partial charge in [-0.25, -0.2) is 14.8 Å². The molecule has 3 amide bonds. The van der Waals surface area contributed by atoms with Gasteiger partial charge in [-0.15, -0.1) is 0 Å². The van der Waals surface area contributed by atoms with E-state index >= 15 is 0 Å². The van der Waals surface area contributed by atoms with Gasteiger partial charge in [-0.3, -0.25) is 14.5 Å². The first kappa shape index (κ1) is 36.0. The highest BCUT2D eigenvalue weighted by molar-refractivity contribution is 5.95. The van der Waals surface area contributed by atoms with E-state index in [0.29, 0.717) is 67.4 Å². The Bertz CT molecular complexity index is 1730. The number of carbonyl (C=O) groups excluding carboxylic acids is 3. The summed E-state index contributed by atoms with van der Waals surface area (Å²) < 4.78 is 17.1. The number of nitrogens with zero attached hydrogens (tertiary/aromatic N) is 5. The van der Waals surface area contributed by atoms with Gasteiger partial charge in [0.15, 0.2) is 12.2 Å². The number of oxazole rings is 1. The fourth-order valence-corrected chi connectivity index (χ4v) is 6.48. The molecule has 2 atom stereocenters. The minimum absolute atomic E-state index is 0.0428. The van der Waals surface area contributed by atoms with Crippen molar-refractivity contribution in [1.29, 1.82) is 0 Å². The molecule has 3 aromatic rings. The Morgan fingerprint density at radius 1 is 1.08 bits per heavy atom. The molecule has 0 bridgehead atoms. The van der Waals surface area contributed by atoms with Crippen molar-refractivity contribution in [3.63, 3.8) is 0 Å². The second-order valence-corrected chi connectivity index (χ2v) is 14.6. The second kappa shape index (κ2) is 15.2. The van der Waals surface area contributed by atoms with E-state index in [1.807, 2.05) is 25.1 Å². The second-order valence-electron chi connectivity index (χ2n) is 14.6. The zero-order chi connectivity index (χ0) is 36.3. The number of pyridine rings is 1. The number of hydrogen-bond acceptors (Lipinski definition) is 11. The highest BCUT2D eigenvalue weighted by Gasteiger charge is 2.37. The molecule has 51 heavy (non-hydrogen) atoms. The third kappa shape index (κ3) is 8.91. The largest absolute Gasteiger partial charge is 0.486 e. The highest BCUT2D eigenvalue weighted by Crippen LogP contribution is 2.31. The maximum atomic E-state index is 13.7. The van der Waals surface area contributed by atoms with Crippen molar-refractivity contribution in [2.75, 3.05) is 42.9 Å². The van der Waals surface area contributed by atoms with E-state index in [1.165, 1.54) is 11.3 Å². The van der Waals surface area contributed by atoms with Gasteiger partial charge in [0.05, 0.1) is 17.8 Å². The van der Waals surface area contributed by atoms with E-state index in [4.69, 9.17) is 18.9 Å². The quantitative estimate of drug-likeness (QED) is 0.279. The molecule has 1 saturated heterocycles. The maximum absolute atomic E-state index is 13.7. The number of aliphatic hydroxyl groups excluding tert-OH is 1. The number of aliphatic hydroxyl groups is 1. The SMILES string of the molecule is CC(=O)N1CCN(c2cc(C(=O)NC[C@@H](O)[C@@H]3Cc4ccc(OCc5ocnc5C)cc4CN3C(=O)OC(C)(C)C)cc(NC3CCC3)n2)CC1. The lowest BCUT2D eigenvalue weighted by Crippen LogP contribution is -2.54. The van der Waals surface area contributed by atoms with Gasteiger partial charge < -0.3 is 39.4 Å². The molecular weight excluding hydrogens is 654 g/mol. The number of anilines is 2. The van der Waals surface area contributed by atoms with Gasteiger partial charge in [-0.2, -0.15) is 0 Å². The summed E-state index contributed by atoms with van der Waals surface area (Å²) in [6.07, 6.45) is 3.34. The summed E-state index contributed by atoms with van der Waals surface area (Å²) in [7, 11) is 0. The number of rotatable bonds is 10. The molecule has 1 aliphatic carbocycles. The maximum Gasteiger partial charge on any atom is 0.410 e. The molecule has 1 aromatic carbocycles. The van der Waals surface area contributed by atoms with Gasteiger partial charge in [0.25, 0.3) is 5.91 Å². The van der Waals surface area contributed by atoms with Crippen molar-refractivity contribution in [1.82, 2.24) is 25.1 Å². The van der Waals surface area contributed by atoms with Crippen molar-refractivity contribution in [3.05, 3.63) is 64.9 Å². The molecule has 14 nitrogen and oxygen atoms in total. The zero-order valence-electron chi connectivity index (χ0n) is 30.1. The van der Waals surface area contributed by atoms with Crippen LogP contribution in [-0.2, 0) is 29.1 Å². The fourth-order valence-electron chi connectivity index (χ4n) is 6.48. The minimum Gasteiger partial charge on any atom is -0.486 e. The lowest BCUT2D eigenvalue weighted by atomic mass is 9.91. The molecule has 4 heterocycles. The lowest BCUT2D eigenvalue weighted by Gasteiger charge is -2.40. The molecule has 0 spiro atoms. The molecule has 3 aliphatic rings. The molecule has 3 N–H and O–H groups in total. The Kier molecular flexibility index (Phi) is 10.7. The third-order valence-corrected chi connectivity index (χ3v) is 9.69. The number of ether oxygens (including phenoxy) is 2. The Hall–Kier alpha value is -4.85. The van der Waals surface area contributed by atoms with Crippen LogP contribution in [-0.4, -0.2) is 99.3 Å². The summed E-state index contributed by atoms with van der Waals surface area (Å²) in [6.45, 7) is 11.5. The fraction of sp³-hybridized carbons (Fsp3) is 0.541. The van der Waals surface area contributed by atoms with Gasteiger partial charge in [0, 0.05) is 57.8 Å². The van der Waals surface area contributed by atoms with Gasteiger partial charge in [0.1, 0.15) is 29.6 Å². The average molecular weight is 704 g/mol. The van der Waals surface area contributed by atoms with Crippen LogP contribution < -0.4 is 20.3 Å². The van der Waals surface area contributed by atoms with E-state index in [9.17, 15) is 19.5 Å². The molecule has 1 saturated carbocycles. The van der Waals surface area contributed by atoms with Crippen LogP contribution in [0.25, 0.3) is 0 Å². The predicted molar refractivity (Wildman–Crippen MR) is 190 cm³/mol. The molecule has 14 heteroatoms. The van der Waals surface area contributed by atoms with Crippen LogP contribution in [0.2, 0.25) is 0 Å². The van der Waals surface area contributed by atoms with Crippen molar-refractivity contribution in [2.24, 2.45) is 0 Å². The third-order valence-electron chi connectivity index (χ3n) is 9.69. The number of amides is 3. The standard InChI is InChI=1S/C37H49N7O7/c1-23-32(50-22-39-23)21-49-29-10-9-25-16-30(44(20-27(25)15-29)36(48)51-37(3,4)5)31(46)19-38-35(47)26-17-33(40-28-7-6-8-28)41-34(18-26)43-13-11-42(12-14-43)24(2)45/h9-10,15,17-18,22,28,30-31,46H,6-8,11-14,16,19-21H2,1-5H3,(H,38,47)(H,40,41)/t30-,31+/m0/s1. The summed E-state index contributed by atoms with van der Waals surface area (Å²) in [5.41, 5.74) is 2.26. The normalized spacial score (nSPS) is 18.4. The monoisotopic (exact) mass is 703 g/mol. The Labute approximate surface area is 298 Å². The number of piperazine rings is 1. The van der Waals surface area contributed by atoms with Crippen LogP contribution in [0.15, 0.2) is 41.1 Å². The highest BCUT2D eigenvalue weighted by atomic mass is 16.6. The summed E-state index contributed by atoms with van der Waals surface area (Å²) in [6, 6.07) is 8.83. The van der Waals surface area contributed by atoms with Gasteiger partial charge in [0.2, 0.25) is 5.91 Å². The summed E-state index contributed by atoms with van der Waals surface area (Å²) >= 11 is 0. The van der Waals surface area contributed by atoms with Crippen LogP contribution >= 0.6 is 0 Å². The molecular formula is C37H49N7O7. The van der Waals surface area contributed by atoms with Crippen LogP contribution in [0.5, 0.6) is 5.75 Å². The summed E-state index contributed by atoms with van der Waals surface area (Å²) in [5.74, 6) is 2.21. The van der Waals surface area contributed by atoms with E-state index < -0.39 is 23.8 Å². The van der Waals surface area contributed by atoms with E-state index in [1.54, 1.807) is 44.7 Å². The van der Waals surface area contributed by atoms with Gasteiger partial charge >= 0.3 is 6.09 Å². The first-order valence-electron chi connectivity index (χ1n) is 17.7. The predicted octanol–water partition coefficient (Wildman–Crippen LogP) is 4.04. The molecule has 6 rings (SSSR count). The average Bonchev–Trinajstić information content (AvgIpc) is 3.50. The molecule has 2 aromatic heterocycles. The van der Waals surface area contributed by atoms with Crippen molar-refractivity contribution in [2.45, 2.75) is 97.2 Å². The Balaban J connectivity index is 1.16. The topological polar surface area (TPSA) is 163 Å². The lowest BCUT2D eigenvalue weighted by molar-refractivity contribution is -0.129. The number of nitrogens with one attached hydrogen (secondary N) is 2. The zero-order valence-corrected chi connectivity index (χ0v) is 30.1. The number of carbonyl (C=O) groups is 3. The van der Waals surface area contributed by atoms with Gasteiger partial charge in [-0.05, 0) is 88.8 Å². The number of benzene rings is 1. The molecule has 274 valence electrons. The first-order valence-corrected chi connectivity index (χ1v) is 17.7. The molecule has 0 radical (unpaired) electrons. The van der Waals surface area contributed by atoms with Crippen molar-refractivity contribution < 1.29 is 33.4 Å². The minimum atomic E-state index is -1.09.